The summed E-state index contributed by atoms with van der Waals surface area (Å²) in [4.78, 5) is 20.9. The smallest absolute Gasteiger partial charge is 0.177 e. The van der Waals surface area contributed by atoms with Gasteiger partial charge in [-0.25, -0.2) is 19.4 Å². The van der Waals surface area contributed by atoms with Crippen LogP contribution in [0.3, 0.4) is 0 Å². The molecule has 0 saturated carbocycles. The number of hydrogen-bond acceptors (Lipinski definition) is 5. The van der Waals surface area contributed by atoms with Gasteiger partial charge in [-0.05, 0) is 6.07 Å². The lowest BCUT2D eigenvalue weighted by Crippen LogP contribution is -2.17. The number of amidine groups is 2. The Morgan fingerprint density at radius 3 is 2.75 bits per heavy atom. The molecule has 6 nitrogen and oxygen atoms in total. The molecule has 0 aliphatic carbocycles. The molecule has 0 saturated heterocycles. The highest BCUT2D eigenvalue weighted by Gasteiger charge is 2.08. The van der Waals surface area contributed by atoms with Crippen molar-refractivity contribution < 1.29 is 4.39 Å². The van der Waals surface area contributed by atoms with E-state index in [0.29, 0.717) is 17.0 Å². The fourth-order valence-corrected chi connectivity index (χ4v) is 2.43. The number of rotatable bonds is 4. The van der Waals surface area contributed by atoms with Gasteiger partial charge in [0.25, 0.3) is 0 Å². The number of nitrogens with zero attached hydrogens (tertiary/aromatic N) is 5. The Hall–Kier alpha value is -3.00. The normalized spacial score (nSPS) is 12.4. The minimum atomic E-state index is -0.323. The Kier molecular flexibility index (Phi) is 4.97. The van der Waals surface area contributed by atoms with Crippen molar-refractivity contribution in [1.29, 1.82) is 0 Å². The van der Waals surface area contributed by atoms with Crippen LogP contribution in [0.1, 0.15) is 17.0 Å². The van der Waals surface area contributed by atoms with Crippen molar-refractivity contribution in [1.82, 2.24) is 15.0 Å². The molecule has 0 unspecified atom stereocenters. The van der Waals surface area contributed by atoms with Gasteiger partial charge in [0.2, 0.25) is 0 Å². The van der Waals surface area contributed by atoms with E-state index in [1.165, 1.54) is 29.8 Å². The van der Waals surface area contributed by atoms with E-state index in [4.69, 9.17) is 5.73 Å². The second kappa shape index (κ2) is 7.51. The summed E-state index contributed by atoms with van der Waals surface area (Å²) in [5, 5.41) is 1.78. The van der Waals surface area contributed by atoms with Crippen molar-refractivity contribution >= 4 is 23.0 Å². The number of aromatic nitrogens is 3. The molecule has 2 aromatic heterocycles. The van der Waals surface area contributed by atoms with Crippen molar-refractivity contribution in [3.8, 4) is 0 Å². The summed E-state index contributed by atoms with van der Waals surface area (Å²) < 4.78 is 13.8. The molecule has 120 valence electrons. The molecule has 8 heteroatoms. The van der Waals surface area contributed by atoms with E-state index in [9.17, 15) is 4.39 Å². The van der Waals surface area contributed by atoms with E-state index >= 15 is 0 Å². The number of thiazole rings is 1. The van der Waals surface area contributed by atoms with E-state index < -0.39 is 0 Å². The Labute approximate surface area is 141 Å². The van der Waals surface area contributed by atoms with Crippen LogP contribution in [0.25, 0.3) is 0 Å². The van der Waals surface area contributed by atoms with Crippen LogP contribution in [0.4, 0.5) is 4.39 Å². The SMILES string of the molecule is NC(=NC(=NCc1ccccc1F)c1cnccn1)c1cscn1. The van der Waals surface area contributed by atoms with E-state index in [1.807, 2.05) is 0 Å². The van der Waals surface area contributed by atoms with Gasteiger partial charge in [-0.1, -0.05) is 18.2 Å². The number of hydrogen-bond donors (Lipinski definition) is 1. The van der Waals surface area contributed by atoms with Gasteiger partial charge >= 0.3 is 0 Å². The molecule has 2 heterocycles. The van der Waals surface area contributed by atoms with Gasteiger partial charge in [0.05, 0.1) is 18.3 Å². The Bertz CT molecular complexity index is 861. The molecule has 24 heavy (non-hydrogen) atoms. The zero-order valence-electron chi connectivity index (χ0n) is 12.5. The monoisotopic (exact) mass is 340 g/mol. The molecule has 0 radical (unpaired) electrons. The van der Waals surface area contributed by atoms with Gasteiger partial charge in [0.15, 0.2) is 11.7 Å². The lowest BCUT2D eigenvalue weighted by atomic mass is 10.2. The summed E-state index contributed by atoms with van der Waals surface area (Å²) in [7, 11) is 0. The predicted octanol–water partition coefficient (Wildman–Crippen LogP) is 2.42. The Balaban J connectivity index is 1.95. The maximum Gasteiger partial charge on any atom is 0.177 e. The molecule has 3 rings (SSSR count). The summed E-state index contributed by atoms with van der Waals surface area (Å²) in [5.74, 6) is 0.169. The molecular weight excluding hydrogens is 327 g/mol. The molecule has 0 atom stereocenters. The van der Waals surface area contributed by atoms with Gasteiger partial charge in [0.1, 0.15) is 17.2 Å². The van der Waals surface area contributed by atoms with Crippen LogP contribution in [-0.2, 0) is 6.54 Å². The number of halogens is 1. The van der Waals surface area contributed by atoms with Crippen LogP contribution in [-0.4, -0.2) is 26.6 Å². The lowest BCUT2D eigenvalue weighted by Gasteiger charge is -2.03. The van der Waals surface area contributed by atoms with E-state index in [0.717, 1.165) is 0 Å². The van der Waals surface area contributed by atoms with Crippen LogP contribution >= 0.6 is 11.3 Å². The minimum Gasteiger partial charge on any atom is -0.382 e. The van der Waals surface area contributed by atoms with Crippen LogP contribution < -0.4 is 5.73 Å². The molecule has 2 N–H and O–H groups in total. The Morgan fingerprint density at radius 2 is 2.04 bits per heavy atom. The van der Waals surface area contributed by atoms with Crippen molar-refractivity contribution in [2.24, 2.45) is 15.7 Å². The maximum atomic E-state index is 13.8. The summed E-state index contributed by atoms with van der Waals surface area (Å²) in [5.41, 5.74) is 9.10. The van der Waals surface area contributed by atoms with E-state index in [1.54, 1.807) is 35.3 Å². The zero-order valence-corrected chi connectivity index (χ0v) is 13.3. The third-order valence-corrected chi connectivity index (χ3v) is 3.66. The van der Waals surface area contributed by atoms with Gasteiger partial charge in [-0.3, -0.25) is 9.98 Å². The summed E-state index contributed by atoms with van der Waals surface area (Å²) >= 11 is 1.41. The van der Waals surface area contributed by atoms with Gasteiger partial charge in [0, 0.05) is 23.3 Å². The topological polar surface area (TPSA) is 89.4 Å². The number of aliphatic imine (C=N–C) groups is 2. The first-order valence-corrected chi connectivity index (χ1v) is 7.95. The van der Waals surface area contributed by atoms with Crippen LogP contribution in [0, 0.1) is 5.82 Å². The van der Waals surface area contributed by atoms with Crippen LogP contribution in [0.2, 0.25) is 0 Å². The molecule has 0 fully saturated rings. The van der Waals surface area contributed by atoms with Gasteiger partial charge in [-0.15, -0.1) is 11.3 Å². The first-order valence-electron chi connectivity index (χ1n) is 7.01. The van der Waals surface area contributed by atoms with E-state index in [2.05, 4.69) is 24.9 Å². The average molecular weight is 340 g/mol. The highest BCUT2D eigenvalue weighted by atomic mass is 32.1. The molecule has 0 aliphatic rings. The fraction of sp³-hybridized carbons (Fsp3) is 0.0625. The molecular formula is C16H13FN6S. The third-order valence-electron chi connectivity index (χ3n) is 3.07. The second-order valence-electron chi connectivity index (χ2n) is 4.69. The maximum absolute atomic E-state index is 13.8. The predicted molar refractivity (Wildman–Crippen MR) is 91.5 cm³/mol. The van der Waals surface area contributed by atoms with Gasteiger partial charge in [-0.2, -0.15) is 0 Å². The highest BCUT2D eigenvalue weighted by Crippen LogP contribution is 2.09. The highest BCUT2D eigenvalue weighted by molar-refractivity contribution is 7.07. The molecule has 0 amide bonds. The standard InChI is InChI=1S/C16H13FN6S/c17-12-4-2-1-3-11(12)7-21-16(13-8-19-5-6-20-13)23-15(18)14-9-24-10-22-14/h1-6,8-10H,7H2,(H2,18,21,23). The third kappa shape index (κ3) is 3.85. The quantitative estimate of drug-likeness (QED) is 0.583. The first kappa shape index (κ1) is 15.9. The summed E-state index contributed by atoms with van der Waals surface area (Å²) in [6.45, 7) is 0.117. The molecule has 3 aromatic rings. The van der Waals surface area contributed by atoms with Crippen molar-refractivity contribution in [2.75, 3.05) is 0 Å². The van der Waals surface area contributed by atoms with E-state index in [-0.39, 0.29) is 24.0 Å². The van der Waals surface area contributed by atoms with Crippen molar-refractivity contribution in [2.45, 2.75) is 6.54 Å². The number of nitrogens with two attached hydrogens (primary N) is 1. The molecule has 0 aliphatic heterocycles. The number of benzene rings is 1. The van der Waals surface area contributed by atoms with Crippen LogP contribution in [0.5, 0.6) is 0 Å². The molecule has 1 aromatic carbocycles. The molecule has 0 spiro atoms. The second-order valence-corrected chi connectivity index (χ2v) is 5.41. The average Bonchev–Trinajstić information content (AvgIpc) is 3.15. The summed E-state index contributed by atoms with van der Waals surface area (Å²) in [6, 6.07) is 6.44. The summed E-state index contributed by atoms with van der Waals surface area (Å²) in [6.07, 6.45) is 4.60. The lowest BCUT2D eigenvalue weighted by molar-refractivity contribution is 0.611. The van der Waals surface area contributed by atoms with Gasteiger partial charge < -0.3 is 5.73 Å². The van der Waals surface area contributed by atoms with Crippen molar-refractivity contribution in [3.05, 3.63) is 76.5 Å². The van der Waals surface area contributed by atoms with Crippen molar-refractivity contribution in [3.63, 3.8) is 0 Å². The molecule has 0 bridgehead atoms. The minimum absolute atomic E-state index is 0.117. The largest absolute Gasteiger partial charge is 0.382 e. The first-order chi connectivity index (χ1) is 11.7. The fourth-order valence-electron chi connectivity index (χ4n) is 1.89. The Morgan fingerprint density at radius 1 is 1.17 bits per heavy atom. The van der Waals surface area contributed by atoms with Crippen LogP contribution in [0.15, 0.2) is 63.7 Å². The zero-order chi connectivity index (χ0) is 16.8.